The first-order chi connectivity index (χ1) is 17.5. The highest BCUT2D eigenvalue weighted by molar-refractivity contribution is 7.14. The predicted molar refractivity (Wildman–Crippen MR) is 136 cm³/mol. The van der Waals surface area contributed by atoms with Gasteiger partial charge in [-0.2, -0.15) is 0 Å². The molecular formula is C26H24N4O5S. The Balaban J connectivity index is 1.63. The average Bonchev–Trinajstić information content (AvgIpc) is 3.41. The molecule has 1 unspecified atom stereocenters. The number of thiazole rings is 1. The number of carbonyl (C=O) groups is 2. The fourth-order valence-corrected chi connectivity index (χ4v) is 4.19. The predicted octanol–water partition coefficient (Wildman–Crippen LogP) is 3.90. The van der Waals surface area contributed by atoms with Gasteiger partial charge in [-0.3, -0.25) is 19.5 Å². The topological polar surface area (TPSA) is 117 Å². The van der Waals surface area contributed by atoms with E-state index in [1.54, 1.807) is 37.6 Å². The molecule has 1 atom stereocenters. The number of carbonyl (C=O) groups excluding carboxylic acids is 2. The van der Waals surface area contributed by atoms with Gasteiger partial charge in [0, 0.05) is 29.8 Å². The van der Waals surface area contributed by atoms with E-state index < -0.39 is 18.1 Å². The SMILES string of the molecule is COc1ccc(-c2csc(N(Cc3ccccn3)C(=O)C(OC)Oc3cccc(C(N)=O)c3)n2)cc1. The lowest BCUT2D eigenvalue weighted by molar-refractivity contribution is -0.145. The van der Waals surface area contributed by atoms with Crippen molar-refractivity contribution in [3.05, 3.63) is 89.6 Å². The second-order valence-electron chi connectivity index (χ2n) is 7.57. The van der Waals surface area contributed by atoms with E-state index in [0.717, 1.165) is 11.3 Å². The Labute approximate surface area is 212 Å². The first kappa shape index (κ1) is 24.8. The number of hydrogen-bond acceptors (Lipinski definition) is 8. The van der Waals surface area contributed by atoms with Gasteiger partial charge in [0.25, 0.3) is 12.2 Å². The van der Waals surface area contributed by atoms with Crippen molar-refractivity contribution < 1.29 is 23.8 Å². The first-order valence-corrected chi connectivity index (χ1v) is 11.8. The molecular weight excluding hydrogens is 480 g/mol. The van der Waals surface area contributed by atoms with Crippen LogP contribution in [0.1, 0.15) is 16.1 Å². The quantitative estimate of drug-likeness (QED) is 0.326. The molecule has 0 saturated carbocycles. The zero-order valence-electron chi connectivity index (χ0n) is 19.7. The van der Waals surface area contributed by atoms with Gasteiger partial charge in [-0.05, 0) is 54.6 Å². The molecule has 184 valence electrons. The number of ether oxygens (including phenoxy) is 3. The lowest BCUT2D eigenvalue weighted by Gasteiger charge is -2.25. The van der Waals surface area contributed by atoms with Crippen molar-refractivity contribution in [1.29, 1.82) is 0 Å². The molecule has 0 fully saturated rings. The van der Waals surface area contributed by atoms with E-state index in [-0.39, 0.29) is 17.9 Å². The number of nitrogens with zero attached hydrogens (tertiary/aromatic N) is 3. The molecule has 0 bridgehead atoms. The minimum Gasteiger partial charge on any atom is -0.497 e. The summed E-state index contributed by atoms with van der Waals surface area (Å²) in [6.07, 6.45) is 0.354. The number of anilines is 1. The Hall–Kier alpha value is -4.28. The summed E-state index contributed by atoms with van der Waals surface area (Å²) in [6.45, 7) is 0.153. The second kappa shape index (κ2) is 11.4. The molecule has 0 aliphatic heterocycles. The number of aromatic nitrogens is 2. The van der Waals surface area contributed by atoms with Crippen LogP contribution in [-0.2, 0) is 16.1 Å². The molecule has 10 heteroatoms. The van der Waals surface area contributed by atoms with Crippen molar-refractivity contribution in [2.45, 2.75) is 12.8 Å². The van der Waals surface area contributed by atoms with E-state index in [0.29, 0.717) is 16.5 Å². The summed E-state index contributed by atoms with van der Waals surface area (Å²) >= 11 is 1.31. The molecule has 2 aromatic carbocycles. The van der Waals surface area contributed by atoms with Gasteiger partial charge in [-0.15, -0.1) is 11.3 Å². The van der Waals surface area contributed by atoms with E-state index >= 15 is 0 Å². The summed E-state index contributed by atoms with van der Waals surface area (Å²) in [7, 11) is 2.97. The highest BCUT2D eigenvalue weighted by Gasteiger charge is 2.30. The summed E-state index contributed by atoms with van der Waals surface area (Å²) in [5.74, 6) is -0.0846. The summed E-state index contributed by atoms with van der Waals surface area (Å²) in [5, 5.41) is 2.32. The third-order valence-corrected chi connectivity index (χ3v) is 6.06. The van der Waals surface area contributed by atoms with Gasteiger partial charge in [0.2, 0.25) is 5.91 Å². The molecule has 9 nitrogen and oxygen atoms in total. The number of benzene rings is 2. The molecule has 2 amide bonds. The molecule has 0 aliphatic carbocycles. The minimum atomic E-state index is -1.30. The molecule has 0 spiro atoms. The number of hydrogen-bond donors (Lipinski definition) is 1. The summed E-state index contributed by atoms with van der Waals surface area (Å²) in [4.78, 5) is 35.7. The van der Waals surface area contributed by atoms with Crippen LogP contribution in [0.2, 0.25) is 0 Å². The fourth-order valence-electron chi connectivity index (χ4n) is 3.35. The lowest BCUT2D eigenvalue weighted by Crippen LogP contribution is -2.43. The molecule has 2 aromatic heterocycles. The van der Waals surface area contributed by atoms with E-state index in [2.05, 4.69) is 4.98 Å². The van der Waals surface area contributed by atoms with Crippen molar-refractivity contribution in [2.75, 3.05) is 19.1 Å². The molecule has 4 aromatic rings. The monoisotopic (exact) mass is 504 g/mol. The maximum atomic E-state index is 13.6. The van der Waals surface area contributed by atoms with Crippen molar-refractivity contribution >= 4 is 28.3 Å². The van der Waals surface area contributed by atoms with Crippen molar-refractivity contribution in [3.8, 4) is 22.8 Å². The largest absolute Gasteiger partial charge is 0.497 e. The zero-order chi connectivity index (χ0) is 25.5. The summed E-state index contributed by atoms with van der Waals surface area (Å²) in [6, 6.07) is 19.2. The van der Waals surface area contributed by atoms with Gasteiger partial charge in [0.05, 0.1) is 25.0 Å². The molecule has 2 N–H and O–H groups in total. The first-order valence-electron chi connectivity index (χ1n) is 10.9. The molecule has 0 saturated heterocycles. The van der Waals surface area contributed by atoms with Gasteiger partial charge >= 0.3 is 0 Å². The number of primary amides is 1. The second-order valence-corrected chi connectivity index (χ2v) is 8.40. The van der Waals surface area contributed by atoms with Crippen LogP contribution in [0.25, 0.3) is 11.3 Å². The van der Waals surface area contributed by atoms with E-state index in [1.807, 2.05) is 41.8 Å². The van der Waals surface area contributed by atoms with Gasteiger partial charge < -0.3 is 19.9 Å². The van der Waals surface area contributed by atoms with Crippen LogP contribution in [0.15, 0.2) is 78.3 Å². The van der Waals surface area contributed by atoms with E-state index in [4.69, 9.17) is 24.9 Å². The highest BCUT2D eigenvalue weighted by Crippen LogP contribution is 2.30. The van der Waals surface area contributed by atoms with Crippen LogP contribution in [-0.4, -0.2) is 42.3 Å². The van der Waals surface area contributed by atoms with Crippen LogP contribution >= 0.6 is 11.3 Å². The summed E-state index contributed by atoms with van der Waals surface area (Å²) in [5.41, 5.74) is 7.87. The van der Waals surface area contributed by atoms with Crippen LogP contribution in [0.5, 0.6) is 11.5 Å². The van der Waals surface area contributed by atoms with Crippen LogP contribution in [0.3, 0.4) is 0 Å². The van der Waals surface area contributed by atoms with Crippen LogP contribution < -0.4 is 20.1 Å². The van der Waals surface area contributed by atoms with E-state index in [1.165, 1.54) is 29.4 Å². The number of nitrogens with two attached hydrogens (primary N) is 1. The average molecular weight is 505 g/mol. The molecule has 0 radical (unpaired) electrons. The van der Waals surface area contributed by atoms with E-state index in [9.17, 15) is 9.59 Å². The fraction of sp³-hybridized carbons (Fsp3) is 0.154. The molecule has 2 heterocycles. The van der Waals surface area contributed by atoms with Gasteiger partial charge in [0.15, 0.2) is 5.13 Å². The number of amides is 2. The molecule has 4 rings (SSSR count). The Bertz CT molecular complexity index is 1330. The zero-order valence-corrected chi connectivity index (χ0v) is 20.5. The van der Waals surface area contributed by atoms with Crippen molar-refractivity contribution in [3.63, 3.8) is 0 Å². The normalized spacial score (nSPS) is 11.5. The van der Waals surface area contributed by atoms with Crippen molar-refractivity contribution in [2.24, 2.45) is 5.73 Å². The van der Waals surface area contributed by atoms with Crippen molar-refractivity contribution in [1.82, 2.24) is 9.97 Å². The minimum absolute atomic E-state index is 0.153. The number of rotatable bonds is 10. The number of methoxy groups -OCH3 is 2. The van der Waals surface area contributed by atoms with Crippen LogP contribution in [0, 0.1) is 0 Å². The molecule has 36 heavy (non-hydrogen) atoms. The third-order valence-electron chi connectivity index (χ3n) is 5.20. The Morgan fingerprint density at radius 2 is 1.83 bits per heavy atom. The Morgan fingerprint density at radius 3 is 2.50 bits per heavy atom. The van der Waals surface area contributed by atoms with Gasteiger partial charge in [-0.25, -0.2) is 4.98 Å². The van der Waals surface area contributed by atoms with Crippen LogP contribution in [0.4, 0.5) is 5.13 Å². The van der Waals surface area contributed by atoms with Gasteiger partial charge in [-0.1, -0.05) is 12.1 Å². The Kier molecular flexibility index (Phi) is 7.89. The maximum absolute atomic E-state index is 13.6. The highest BCUT2D eigenvalue weighted by atomic mass is 32.1. The number of pyridine rings is 1. The smallest absolute Gasteiger partial charge is 0.298 e. The Morgan fingerprint density at radius 1 is 1.03 bits per heavy atom. The summed E-state index contributed by atoms with van der Waals surface area (Å²) < 4.78 is 16.4. The maximum Gasteiger partial charge on any atom is 0.298 e. The third kappa shape index (κ3) is 5.85. The lowest BCUT2D eigenvalue weighted by atomic mass is 10.2. The molecule has 0 aliphatic rings. The standard InChI is InChI=1S/C26H24N4O5S/c1-33-20-11-9-17(10-12-20)22-16-36-26(29-22)30(15-19-7-3-4-13-28-19)24(32)25(34-2)35-21-8-5-6-18(14-21)23(27)31/h3-14,16,25H,15H2,1-2H3,(H2,27,31). The van der Waals surface area contributed by atoms with Gasteiger partial charge in [0.1, 0.15) is 11.5 Å².